The molecule has 2 rings (SSSR count). The summed E-state index contributed by atoms with van der Waals surface area (Å²) in [6, 6.07) is 5.57. The predicted molar refractivity (Wildman–Crippen MR) is 92.6 cm³/mol. The zero-order valence-corrected chi connectivity index (χ0v) is 14.6. The van der Waals surface area contributed by atoms with Crippen LogP contribution in [0.15, 0.2) is 27.7 Å². The van der Waals surface area contributed by atoms with Crippen molar-refractivity contribution in [1.82, 2.24) is 10.2 Å². The number of halogens is 2. The third-order valence-electron chi connectivity index (χ3n) is 4.08. The molecule has 0 radical (unpaired) electrons. The minimum atomic E-state index is -0.241. The summed E-state index contributed by atoms with van der Waals surface area (Å²) in [5.41, 5.74) is 6.96. The highest BCUT2D eigenvalue weighted by atomic mass is 79.9. The van der Waals surface area contributed by atoms with Crippen LogP contribution in [0.1, 0.15) is 25.3 Å². The van der Waals surface area contributed by atoms with Crippen molar-refractivity contribution < 1.29 is 4.39 Å². The molecule has 1 fully saturated rings. The highest BCUT2D eigenvalue weighted by Crippen LogP contribution is 2.17. The molecule has 1 aliphatic rings. The molecule has 0 amide bonds. The second kappa shape index (κ2) is 8.48. The van der Waals surface area contributed by atoms with E-state index in [9.17, 15) is 4.39 Å². The van der Waals surface area contributed by atoms with Crippen LogP contribution >= 0.6 is 15.9 Å². The van der Waals surface area contributed by atoms with Crippen molar-refractivity contribution in [1.29, 1.82) is 0 Å². The molecule has 0 saturated carbocycles. The van der Waals surface area contributed by atoms with E-state index in [0.717, 1.165) is 25.1 Å². The lowest BCUT2D eigenvalue weighted by Crippen LogP contribution is -2.36. The number of nitrogens with one attached hydrogen (secondary N) is 1. The normalized spacial score (nSPS) is 19.6. The topological polar surface area (TPSA) is 53.6 Å². The number of likely N-dealkylation sites (tertiary alicyclic amines) is 1. The molecule has 0 bridgehead atoms. The Morgan fingerprint density at radius 3 is 3.09 bits per heavy atom. The van der Waals surface area contributed by atoms with Gasteiger partial charge in [0.1, 0.15) is 5.82 Å². The molecule has 1 aliphatic heterocycles. The lowest BCUT2D eigenvalue weighted by Gasteiger charge is -2.20. The summed E-state index contributed by atoms with van der Waals surface area (Å²) in [6.07, 6.45) is 3.23. The number of hydrogen-bond acceptors (Lipinski definition) is 2. The molecular weight excluding hydrogens is 347 g/mol. The van der Waals surface area contributed by atoms with Crippen LogP contribution in [0.4, 0.5) is 4.39 Å². The van der Waals surface area contributed by atoms with Crippen molar-refractivity contribution in [2.45, 2.75) is 32.2 Å². The molecule has 0 aromatic heterocycles. The fourth-order valence-corrected chi connectivity index (χ4v) is 3.23. The van der Waals surface area contributed by atoms with E-state index >= 15 is 0 Å². The van der Waals surface area contributed by atoms with Crippen LogP contribution in [0.3, 0.4) is 0 Å². The average Bonchev–Trinajstić information content (AvgIpc) is 2.96. The van der Waals surface area contributed by atoms with E-state index in [0.29, 0.717) is 23.0 Å². The molecular formula is C16H24BrFN4. The summed E-state index contributed by atoms with van der Waals surface area (Å²) in [5, 5.41) is 3.12. The Morgan fingerprint density at radius 1 is 1.55 bits per heavy atom. The highest BCUT2D eigenvalue weighted by Gasteiger charge is 2.22. The van der Waals surface area contributed by atoms with Crippen molar-refractivity contribution in [3.63, 3.8) is 0 Å². The first-order valence-corrected chi connectivity index (χ1v) is 8.61. The number of rotatable bonds is 6. The zero-order valence-electron chi connectivity index (χ0n) is 13.0. The first kappa shape index (κ1) is 17.2. The number of likely N-dealkylation sites (N-methyl/N-ethyl adjacent to an activating group) is 1. The zero-order chi connectivity index (χ0) is 15.9. The summed E-state index contributed by atoms with van der Waals surface area (Å²) >= 11 is 3.19. The van der Waals surface area contributed by atoms with Gasteiger partial charge in [0, 0.05) is 12.6 Å². The summed E-state index contributed by atoms with van der Waals surface area (Å²) < 4.78 is 13.6. The Kier molecular flexibility index (Phi) is 6.64. The molecule has 4 nitrogen and oxygen atoms in total. The van der Waals surface area contributed by atoms with Crippen LogP contribution in [0.5, 0.6) is 0 Å². The molecule has 1 heterocycles. The van der Waals surface area contributed by atoms with E-state index in [-0.39, 0.29) is 5.82 Å². The van der Waals surface area contributed by atoms with Gasteiger partial charge in [0.05, 0.1) is 11.0 Å². The van der Waals surface area contributed by atoms with Crippen LogP contribution in [0.2, 0.25) is 0 Å². The number of nitrogens with two attached hydrogens (primary N) is 1. The fraction of sp³-hybridized carbons (Fsp3) is 0.562. The molecule has 1 saturated heterocycles. The summed E-state index contributed by atoms with van der Waals surface area (Å²) in [7, 11) is 0. The second-order valence-electron chi connectivity index (χ2n) is 5.58. The van der Waals surface area contributed by atoms with Crippen LogP contribution in [-0.2, 0) is 6.42 Å². The third kappa shape index (κ3) is 4.95. The summed E-state index contributed by atoms with van der Waals surface area (Å²) in [5.74, 6) is 0.249. The van der Waals surface area contributed by atoms with E-state index in [1.165, 1.54) is 25.5 Å². The number of nitrogens with zero attached hydrogens (tertiary/aromatic N) is 2. The van der Waals surface area contributed by atoms with Crippen molar-refractivity contribution in [3.05, 3.63) is 34.1 Å². The quantitative estimate of drug-likeness (QED) is 0.597. The molecule has 122 valence electrons. The van der Waals surface area contributed by atoms with Gasteiger partial charge in [0.15, 0.2) is 5.96 Å². The molecule has 6 heteroatoms. The molecule has 1 atom stereocenters. The van der Waals surface area contributed by atoms with Gasteiger partial charge in [-0.2, -0.15) is 0 Å². The molecule has 1 aromatic rings. The fourth-order valence-electron chi connectivity index (χ4n) is 2.81. The first-order valence-electron chi connectivity index (χ1n) is 7.82. The Labute approximate surface area is 140 Å². The molecule has 3 N–H and O–H groups in total. The summed E-state index contributed by atoms with van der Waals surface area (Å²) in [6.45, 7) is 5.88. The van der Waals surface area contributed by atoms with Gasteiger partial charge in [-0.05, 0) is 66.0 Å². The standard InChI is InChI=1S/C16H24BrFN4/c1-2-22-9-3-4-13(22)11-21-16(19)20-8-7-12-5-6-15(18)14(17)10-12/h5-6,10,13H,2-4,7-9,11H2,1H3,(H3,19,20,21). The maximum Gasteiger partial charge on any atom is 0.188 e. The second-order valence-corrected chi connectivity index (χ2v) is 6.43. The minimum Gasteiger partial charge on any atom is -0.370 e. The number of hydrogen-bond donors (Lipinski definition) is 2. The number of aliphatic imine (C=N–C) groups is 1. The average molecular weight is 371 g/mol. The smallest absolute Gasteiger partial charge is 0.188 e. The van der Waals surface area contributed by atoms with Crippen LogP contribution in [0, 0.1) is 5.82 Å². The Hall–Kier alpha value is -1.14. The SMILES string of the molecule is CCN1CCCC1CN=C(N)NCCc1ccc(F)c(Br)c1. The van der Waals surface area contributed by atoms with E-state index in [1.54, 1.807) is 12.1 Å². The molecule has 0 aliphatic carbocycles. The number of benzene rings is 1. The van der Waals surface area contributed by atoms with Gasteiger partial charge in [0.25, 0.3) is 0 Å². The maximum absolute atomic E-state index is 13.2. The van der Waals surface area contributed by atoms with Gasteiger partial charge >= 0.3 is 0 Å². The Bertz CT molecular complexity index is 521. The third-order valence-corrected chi connectivity index (χ3v) is 4.69. The molecule has 0 spiro atoms. The Balaban J connectivity index is 1.73. The monoisotopic (exact) mass is 370 g/mol. The van der Waals surface area contributed by atoms with Crippen molar-refractivity contribution in [2.75, 3.05) is 26.2 Å². The largest absolute Gasteiger partial charge is 0.370 e. The highest BCUT2D eigenvalue weighted by molar-refractivity contribution is 9.10. The van der Waals surface area contributed by atoms with Gasteiger partial charge < -0.3 is 11.1 Å². The first-order chi connectivity index (χ1) is 10.6. The van der Waals surface area contributed by atoms with E-state index < -0.39 is 0 Å². The summed E-state index contributed by atoms with van der Waals surface area (Å²) in [4.78, 5) is 6.89. The van der Waals surface area contributed by atoms with Gasteiger partial charge in [-0.25, -0.2) is 4.39 Å². The van der Waals surface area contributed by atoms with Crippen LogP contribution < -0.4 is 11.1 Å². The van der Waals surface area contributed by atoms with Crippen LogP contribution in [-0.4, -0.2) is 43.1 Å². The molecule has 1 aromatic carbocycles. The van der Waals surface area contributed by atoms with Crippen molar-refractivity contribution in [3.8, 4) is 0 Å². The van der Waals surface area contributed by atoms with E-state index in [2.05, 4.69) is 38.1 Å². The van der Waals surface area contributed by atoms with E-state index in [1.807, 2.05) is 0 Å². The lowest BCUT2D eigenvalue weighted by molar-refractivity contribution is 0.273. The van der Waals surface area contributed by atoms with Gasteiger partial charge in [-0.15, -0.1) is 0 Å². The van der Waals surface area contributed by atoms with Gasteiger partial charge in [-0.3, -0.25) is 9.89 Å². The number of guanidine groups is 1. The predicted octanol–water partition coefficient (Wildman–Crippen LogP) is 2.52. The Morgan fingerprint density at radius 2 is 2.36 bits per heavy atom. The lowest BCUT2D eigenvalue weighted by atomic mass is 10.1. The van der Waals surface area contributed by atoms with Gasteiger partial charge in [0.2, 0.25) is 0 Å². The van der Waals surface area contributed by atoms with Crippen molar-refractivity contribution >= 4 is 21.9 Å². The van der Waals surface area contributed by atoms with Crippen LogP contribution in [0.25, 0.3) is 0 Å². The molecule has 22 heavy (non-hydrogen) atoms. The van der Waals surface area contributed by atoms with Gasteiger partial charge in [-0.1, -0.05) is 13.0 Å². The van der Waals surface area contributed by atoms with Crippen molar-refractivity contribution in [2.24, 2.45) is 10.7 Å². The molecule has 1 unspecified atom stereocenters. The maximum atomic E-state index is 13.2. The van der Waals surface area contributed by atoms with E-state index in [4.69, 9.17) is 5.73 Å². The minimum absolute atomic E-state index is 0.241.